The highest BCUT2D eigenvalue weighted by atomic mass is 16.7. The number of hydrogen-bond acceptors (Lipinski definition) is 4. The van der Waals surface area contributed by atoms with E-state index in [1.165, 1.54) is 20.8 Å². The molecule has 0 aliphatic carbocycles. The van der Waals surface area contributed by atoms with Crippen LogP contribution in [0, 0.1) is 5.41 Å². The molecule has 5 nitrogen and oxygen atoms in total. The van der Waals surface area contributed by atoms with E-state index >= 15 is 0 Å². The third-order valence-electron chi connectivity index (χ3n) is 3.85. The summed E-state index contributed by atoms with van der Waals surface area (Å²) in [4.78, 5) is 13.1. The van der Waals surface area contributed by atoms with Crippen molar-refractivity contribution in [1.82, 2.24) is 4.90 Å². The molecule has 2 rings (SSSR count). The lowest BCUT2D eigenvalue weighted by atomic mass is 9.79. The number of carbonyl (C=O) groups is 1. The Morgan fingerprint density at radius 1 is 1.29 bits per heavy atom. The predicted octanol–water partition coefficient (Wildman–Crippen LogP) is 1.89. The second-order valence-corrected chi connectivity index (χ2v) is 7.27. The molecule has 0 saturated carbocycles. The van der Waals surface area contributed by atoms with Crippen LogP contribution in [0.5, 0.6) is 0 Å². The first kappa shape index (κ1) is 9.53. The van der Waals surface area contributed by atoms with Crippen molar-refractivity contribution >= 4 is 13.0 Å². The van der Waals surface area contributed by atoms with Crippen molar-refractivity contribution in [3.05, 3.63) is 0 Å². The smallest absolute Gasteiger partial charge is 0.402 e. The van der Waals surface area contributed by atoms with Gasteiger partial charge in [0.15, 0.2) is 0 Å². The Labute approximate surface area is 138 Å². The van der Waals surface area contributed by atoms with E-state index in [4.69, 9.17) is 23.6 Å². The van der Waals surface area contributed by atoms with Gasteiger partial charge in [0.2, 0.25) is 5.91 Å². The van der Waals surface area contributed by atoms with Crippen LogP contribution in [0.15, 0.2) is 0 Å². The van der Waals surface area contributed by atoms with Gasteiger partial charge in [-0.1, -0.05) is 20.8 Å². The fourth-order valence-corrected chi connectivity index (χ4v) is 1.77. The molecule has 2 aliphatic rings. The molecule has 0 N–H and O–H groups in total. The van der Waals surface area contributed by atoms with E-state index < -0.39 is 55.2 Å². The number of hydrogen-bond donors (Lipinski definition) is 0. The van der Waals surface area contributed by atoms with Crippen molar-refractivity contribution < 1.29 is 28.4 Å². The minimum Gasteiger partial charge on any atom is -0.402 e. The summed E-state index contributed by atoms with van der Waals surface area (Å²) in [5.41, 5.74) is -3.20. The number of rotatable bonds is 1. The maximum absolute atomic E-state index is 13.0. The van der Waals surface area contributed by atoms with E-state index in [0.717, 1.165) is 0 Å². The molecule has 1 amide bonds. The SMILES string of the molecule is [2H]C1([2H])OC([2H])(B2OC(C)(C)C(C)(C)O2)C([2H])([2H])N(C(=O)C(C)(C)C)C1([2H])[2H]. The summed E-state index contributed by atoms with van der Waals surface area (Å²) in [5.74, 6) is -3.91. The number of morpholine rings is 1. The second-order valence-electron chi connectivity index (χ2n) is 7.27. The first-order chi connectivity index (χ1) is 12.0. The molecule has 0 aromatic carbocycles. The van der Waals surface area contributed by atoms with Crippen molar-refractivity contribution in [2.45, 2.75) is 65.6 Å². The van der Waals surface area contributed by atoms with Gasteiger partial charge < -0.3 is 18.9 Å². The highest BCUT2D eigenvalue weighted by Gasteiger charge is 2.55. The normalized spacial score (nSPS) is 44.4. The molecule has 0 spiro atoms. The third-order valence-corrected chi connectivity index (χ3v) is 3.85. The van der Waals surface area contributed by atoms with E-state index in [0.29, 0.717) is 0 Å². The average Bonchev–Trinajstić information content (AvgIpc) is 2.64. The van der Waals surface area contributed by atoms with Crippen molar-refractivity contribution in [2.24, 2.45) is 5.41 Å². The van der Waals surface area contributed by atoms with E-state index in [1.807, 2.05) is 0 Å². The molecule has 0 aromatic rings. The first-order valence-corrected chi connectivity index (χ1v) is 6.95. The predicted molar refractivity (Wildman–Crippen MR) is 81.9 cm³/mol. The molecule has 0 bridgehead atoms. The second kappa shape index (κ2) is 5.25. The van der Waals surface area contributed by atoms with Crippen LogP contribution >= 0.6 is 0 Å². The minimum absolute atomic E-state index is 0.127. The fraction of sp³-hybridized carbons (Fsp3) is 0.933. The first-order valence-electron chi connectivity index (χ1n) is 10.5. The Bertz CT molecular complexity index is 664. The van der Waals surface area contributed by atoms with E-state index in [1.54, 1.807) is 27.7 Å². The summed E-state index contributed by atoms with van der Waals surface area (Å²) < 4.78 is 74.5. The monoisotopic (exact) mass is 304 g/mol. The lowest BCUT2D eigenvalue weighted by Crippen LogP contribution is -2.54. The summed E-state index contributed by atoms with van der Waals surface area (Å²) in [6.45, 7) is 1.52. The molecule has 6 heteroatoms. The van der Waals surface area contributed by atoms with Crippen LogP contribution < -0.4 is 0 Å². The molecule has 1 atom stereocenters. The number of nitrogens with zero attached hydrogens (tertiary/aromatic N) is 1. The van der Waals surface area contributed by atoms with Crippen molar-refractivity contribution in [1.29, 1.82) is 0 Å². The van der Waals surface area contributed by atoms with Gasteiger partial charge in [-0.15, -0.1) is 0 Å². The molecule has 2 heterocycles. The molecular weight excluding hydrogens is 269 g/mol. The van der Waals surface area contributed by atoms with Gasteiger partial charge in [-0.3, -0.25) is 4.79 Å². The van der Waals surface area contributed by atoms with Crippen LogP contribution in [0.25, 0.3) is 0 Å². The zero-order valence-corrected chi connectivity index (χ0v) is 13.7. The van der Waals surface area contributed by atoms with Gasteiger partial charge >= 0.3 is 7.12 Å². The fourth-order valence-electron chi connectivity index (χ4n) is 1.77. The van der Waals surface area contributed by atoms with Crippen LogP contribution in [-0.2, 0) is 18.8 Å². The number of carbonyl (C=O) groups excluding carboxylic acids is 1. The number of ether oxygens (including phenoxy) is 1. The minimum atomic E-state index is -3.20. The van der Waals surface area contributed by atoms with Gasteiger partial charge in [-0.2, -0.15) is 0 Å². The molecule has 0 radical (unpaired) electrons. The van der Waals surface area contributed by atoms with Gasteiger partial charge in [0.1, 0.15) is 5.98 Å². The van der Waals surface area contributed by atoms with Crippen LogP contribution in [0.4, 0.5) is 0 Å². The van der Waals surface area contributed by atoms with Gasteiger partial charge in [0.05, 0.1) is 27.4 Å². The summed E-state index contributed by atoms with van der Waals surface area (Å²) in [6.07, 6.45) is 0. The standard InChI is InChI=1S/C15H28BNO4/c1-13(2,3)12(18)17-8-9-19-11(10-17)16-20-14(4,5)15(6,7)21-16/h11H,8-10H2,1-7H3/i8D2,9D2,10D2,11D. The summed E-state index contributed by atoms with van der Waals surface area (Å²) in [7, 11) is -1.71. The van der Waals surface area contributed by atoms with Crippen LogP contribution in [0.3, 0.4) is 0 Å². The van der Waals surface area contributed by atoms with Crippen LogP contribution in [-0.4, -0.2) is 54.7 Å². The largest absolute Gasteiger partial charge is 0.490 e. The Morgan fingerprint density at radius 3 is 2.29 bits per heavy atom. The maximum Gasteiger partial charge on any atom is 0.490 e. The lowest BCUT2D eigenvalue weighted by molar-refractivity contribution is -0.145. The Hall–Kier alpha value is -0.585. The molecule has 2 saturated heterocycles. The molecule has 21 heavy (non-hydrogen) atoms. The van der Waals surface area contributed by atoms with Crippen LogP contribution in [0.2, 0.25) is 0 Å². The number of amides is 1. The summed E-state index contributed by atoms with van der Waals surface area (Å²) in [6, 6.07) is 0. The van der Waals surface area contributed by atoms with Gasteiger partial charge in [0, 0.05) is 18.4 Å². The van der Waals surface area contributed by atoms with Gasteiger partial charge in [-0.05, 0) is 27.7 Å². The zero-order chi connectivity index (χ0) is 22.4. The summed E-state index contributed by atoms with van der Waals surface area (Å²) >= 11 is 0. The molecular formula is C15H28BNO4. The van der Waals surface area contributed by atoms with E-state index in [9.17, 15) is 4.79 Å². The average molecular weight is 304 g/mol. The quantitative estimate of drug-likeness (QED) is 0.694. The molecule has 2 aliphatic heterocycles. The van der Waals surface area contributed by atoms with Crippen LogP contribution in [0.1, 0.15) is 58.1 Å². The van der Waals surface area contributed by atoms with Crippen molar-refractivity contribution in [3.63, 3.8) is 0 Å². The maximum atomic E-state index is 13.0. The molecule has 0 aromatic heterocycles. The Kier molecular flexibility index (Phi) is 2.38. The van der Waals surface area contributed by atoms with Crippen molar-refractivity contribution in [3.8, 4) is 0 Å². The molecule has 2 fully saturated rings. The van der Waals surface area contributed by atoms with Gasteiger partial charge in [0.25, 0.3) is 0 Å². The highest BCUT2D eigenvalue weighted by molar-refractivity contribution is 6.47. The summed E-state index contributed by atoms with van der Waals surface area (Å²) in [5, 5.41) is 0. The van der Waals surface area contributed by atoms with Crippen molar-refractivity contribution in [2.75, 3.05) is 19.6 Å². The van der Waals surface area contributed by atoms with E-state index in [2.05, 4.69) is 0 Å². The molecule has 1 unspecified atom stereocenters. The van der Waals surface area contributed by atoms with Gasteiger partial charge in [-0.25, -0.2) is 0 Å². The zero-order valence-electron chi connectivity index (χ0n) is 20.7. The van der Waals surface area contributed by atoms with E-state index in [-0.39, 0.29) is 4.90 Å². The third kappa shape index (κ3) is 3.27. The lowest BCUT2D eigenvalue weighted by Gasteiger charge is -2.37. The molecule has 120 valence electrons. The highest BCUT2D eigenvalue weighted by Crippen LogP contribution is 2.38. The Balaban J connectivity index is 2.66. The Morgan fingerprint density at radius 2 is 1.81 bits per heavy atom. The topological polar surface area (TPSA) is 48.0 Å².